The number of nitrogens with one attached hydrogen (secondary N) is 1. The number of aliphatic hydroxyl groups excluding tert-OH is 2. The van der Waals surface area contributed by atoms with Gasteiger partial charge in [0.15, 0.2) is 0 Å². The average Bonchev–Trinajstić information content (AvgIpc) is 3.30. The van der Waals surface area contributed by atoms with Gasteiger partial charge in [0.2, 0.25) is 5.95 Å². The number of aryl methyl sites for hydroxylation is 3. The maximum Gasteiger partial charge on any atom is 0.203 e. The summed E-state index contributed by atoms with van der Waals surface area (Å²) in [6.07, 6.45) is 7.74. The maximum atomic E-state index is 9.65. The first-order valence-electron chi connectivity index (χ1n) is 15.5. The number of hydrogen-bond acceptors (Lipinski definition) is 8. The summed E-state index contributed by atoms with van der Waals surface area (Å²) in [7, 11) is 3.70. The fraction of sp³-hybridized carbons (Fsp3) is 0.486. The van der Waals surface area contributed by atoms with E-state index < -0.39 is 6.10 Å². The quantitative estimate of drug-likeness (QED) is 0.149. The molecule has 1 aromatic heterocycles. The molecule has 4 rings (SSSR count). The Kier molecular flexibility index (Phi) is 17.1. The SMILES string of the molecule is C=C/C=C/C.CN=CC(C)O.Cc1cc(C)cc(N(CCO)Cc2ccc3nc(NCCCN4CCOCC4)n(C)c3c2)c1. The summed E-state index contributed by atoms with van der Waals surface area (Å²) in [5.41, 5.74) is 6.94. The third kappa shape index (κ3) is 13.0. The molecule has 3 aromatic rings. The van der Waals surface area contributed by atoms with E-state index in [0.717, 1.165) is 75.0 Å². The van der Waals surface area contributed by atoms with Gasteiger partial charge in [0.05, 0.1) is 37.0 Å². The highest BCUT2D eigenvalue weighted by Crippen LogP contribution is 2.24. The number of benzene rings is 2. The second-order valence-corrected chi connectivity index (χ2v) is 11.0. The van der Waals surface area contributed by atoms with Gasteiger partial charge in [0.1, 0.15) is 0 Å². The van der Waals surface area contributed by atoms with Gasteiger partial charge in [-0.1, -0.05) is 36.9 Å². The summed E-state index contributed by atoms with van der Waals surface area (Å²) in [5.74, 6) is 0.908. The number of nitrogens with zero attached hydrogens (tertiary/aromatic N) is 5. The van der Waals surface area contributed by atoms with Gasteiger partial charge in [0, 0.05) is 58.7 Å². The van der Waals surface area contributed by atoms with Crippen LogP contribution in [-0.4, -0.2) is 96.6 Å². The van der Waals surface area contributed by atoms with Gasteiger partial charge in [0.25, 0.3) is 0 Å². The smallest absolute Gasteiger partial charge is 0.203 e. The zero-order valence-corrected chi connectivity index (χ0v) is 27.7. The summed E-state index contributed by atoms with van der Waals surface area (Å²) in [4.78, 5) is 13.1. The highest BCUT2D eigenvalue weighted by Gasteiger charge is 2.13. The Morgan fingerprint density at radius 2 is 1.86 bits per heavy atom. The van der Waals surface area contributed by atoms with Gasteiger partial charge in [-0.3, -0.25) is 9.89 Å². The molecule has 0 saturated carbocycles. The average molecular weight is 607 g/mol. The van der Waals surface area contributed by atoms with Crippen molar-refractivity contribution in [2.75, 3.05) is 69.8 Å². The number of morpholine rings is 1. The topological polar surface area (TPSA) is 98.4 Å². The molecule has 2 heterocycles. The normalized spacial score (nSPS) is 14.2. The highest BCUT2D eigenvalue weighted by molar-refractivity contribution is 5.79. The minimum Gasteiger partial charge on any atom is -0.395 e. The van der Waals surface area contributed by atoms with E-state index in [-0.39, 0.29) is 6.61 Å². The van der Waals surface area contributed by atoms with Crippen LogP contribution in [0.25, 0.3) is 11.0 Å². The van der Waals surface area contributed by atoms with E-state index in [2.05, 4.69) is 88.5 Å². The van der Waals surface area contributed by atoms with Gasteiger partial charge in [-0.2, -0.15) is 0 Å². The van der Waals surface area contributed by atoms with Crippen molar-refractivity contribution in [1.82, 2.24) is 14.5 Å². The second-order valence-electron chi connectivity index (χ2n) is 11.0. The molecule has 3 N–H and O–H groups in total. The summed E-state index contributed by atoms with van der Waals surface area (Å²) in [6.45, 7) is 18.5. The van der Waals surface area contributed by atoms with E-state index in [9.17, 15) is 5.11 Å². The molecule has 0 spiro atoms. The van der Waals surface area contributed by atoms with Crippen molar-refractivity contribution >= 4 is 28.9 Å². The van der Waals surface area contributed by atoms with Crippen LogP contribution in [0.1, 0.15) is 37.0 Å². The Labute approximate surface area is 264 Å². The van der Waals surface area contributed by atoms with Crippen molar-refractivity contribution in [3.05, 3.63) is 77.9 Å². The lowest BCUT2D eigenvalue weighted by Crippen LogP contribution is -2.37. The van der Waals surface area contributed by atoms with E-state index in [0.29, 0.717) is 6.54 Å². The van der Waals surface area contributed by atoms with E-state index in [1.54, 1.807) is 20.0 Å². The van der Waals surface area contributed by atoms with E-state index in [1.807, 2.05) is 19.1 Å². The van der Waals surface area contributed by atoms with Crippen LogP contribution in [0.5, 0.6) is 0 Å². The monoisotopic (exact) mass is 606 g/mol. The van der Waals surface area contributed by atoms with E-state index in [4.69, 9.17) is 14.8 Å². The van der Waals surface area contributed by atoms with Gasteiger partial charge in [-0.15, -0.1) is 0 Å². The number of aliphatic hydroxyl groups is 2. The van der Waals surface area contributed by atoms with E-state index in [1.165, 1.54) is 22.9 Å². The Morgan fingerprint density at radius 1 is 1.16 bits per heavy atom. The van der Waals surface area contributed by atoms with Crippen molar-refractivity contribution in [3.8, 4) is 0 Å². The van der Waals surface area contributed by atoms with Crippen molar-refractivity contribution in [2.24, 2.45) is 12.0 Å². The molecule has 1 aliphatic rings. The molecular weight excluding hydrogens is 552 g/mol. The maximum absolute atomic E-state index is 9.65. The molecule has 44 heavy (non-hydrogen) atoms. The van der Waals surface area contributed by atoms with Crippen molar-refractivity contribution in [2.45, 2.75) is 46.8 Å². The number of hydrogen-bond donors (Lipinski definition) is 3. The zero-order chi connectivity index (χ0) is 32.3. The highest BCUT2D eigenvalue weighted by atomic mass is 16.5. The minimum atomic E-state index is -0.394. The minimum absolute atomic E-state index is 0.124. The molecule has 242 valence electrons. The predicted molar refractivity (Wildman–Crippen MR) is 186 cm³/mol. The fourth-order valence-electron chi connectivity index (χ4n) is 4.95. The molecular formula is C35H54N6O3. The number of ether oxygens (including phenoxy) is 1. The summed E-state index contributed by atoms with van der Waals surface area (Å²) >= 11 is 0. The Balaban J connectivity index is 0.000000526. The van der Waals surface area contributed by atoms with Gasteiger partial charge in [-0.25, -0.2) is 4.98 Å². The van der Waals surface area contributed by atoms with Crippen LogP contribution in [0.2, 0.25) is 0 Å². The molecule has 9 nitrogen and oxygen atoms in total. The third-order valence-electron chi connectivity index (χ3n) is 6.99. The van der Waals surface area contributed by atoms with Gasteiger partial charge in [-0.05, 0) is 81.6 Å². The number of aliphatic imine (C=N–C) groups is 1. The fourth-order valence-corrected chi connectivity index (χ4v) is 4.95. The number of rotatable bonds is 12. The largest absolute Gasteiger partial charge is 0.395 e. The molecule has 1 aliphatic heterocycles. The van der Waals surface area contributed by atoms with Crippen molar-refractivity contribution in [1.29, 1.82) is 0 Å². The number of aromatic nitrogens is 2. The van der Waals surface area contributed by atoms with Crippen LogP contribution >= 0.6 is 0 Å². The summed E-state index contributed by atoms with van der Waals surface area (Å²) < 4.78 is 7.56. The first kappa shape index (κ1) is 36.7. The first-order chi connectivity index (χ1) is 21.2. The number of anilines is 2. The van der Waals surface area contributed by atoms with Crippen LogP contribution in [0.15, 0.2) is 66.2 Å². The zero-order valence-electron chi connectivity index (χ0n) is 27.7. The van der Waals surface area contributed by atoms with Crippen molar-refractivity contribution < 1.29 is 14.9 Å². The predicted octanol–water partition coefficient (Wildman–Crippen LogP) is 5.14. The lowest BCUT2D eigenvalue weighted by atomic mass is 10.1. The van der Waals surface area contributed by atoms with Gasteiger partial charge >= 0.3 is 0 Å². The van der Waals surface area contributed by atoms with Gasteiger partial charge < -0.3 is 29.7 Å². The molecule has 1 saturated heterocycles. The Bertz CT molecular complexity index is 1290. The molecule has 0 radical (unpaired) electrons. The molecule has 1 unspecified atom stereocenters. The summed E-state index contributed by atoms with van der Waals surface area (Å²) in [5, 5.41) is 21.6. The lowest BCUT2D eigenvalue weighted by Gasteiger charge is -2.26. The molecule has 9 heteroatoms. The molecule has 1 atom stereocenters. The van der Waals surface area contributed by atoms with Crippen LogP contribution in [-0.2, 0) is 18.3 Å². The number of fused-ring (bicyclic) bond motifs is 1. The molecule has 0 aliphatic carbocycles. The Morgan fingerprint density at radius 3 is 2.41 bits per heavy atom. The standard InChI is InChI=1S/C26H37N5O2.C5H8.C4H9NO/c1-20-15-21(2)17-23(16-20)31(9-12-32)19-22-5-6-24-25(18-22)29(3)26(28-24)27-7-4-8-30-10-13-33-14-11-30;1-3-5-4-2;1-4(6)3-5-2/h5-6,15-18,32H,4,7-14,19H2,1-3H3,(H,27,28);3-5H,1H2,2H3;3-4,6H,1-2H3/b;5-4+;. The first-order valence-corrected chi connectivity index (χ1v) is 15.5. The number of imidazole rings is 1. The van der Waals surface area contributed by atoms with Crippen LogP contribution < -0.4 is 10.2 Å². The molecule has 2 aromatic carbocycles. The van der Waals surface area contributed by atoms with Crippen LogP contribution in [0, 0.1) is 13.8 Å². The van der Waals surface area contributed by atoms with Crippen molar-refractivity contribution in [3.63, 3.8) is 0 Å². The third-order valence-corrected chi connectivity index (χ3v) is 6.99. The summed E-state index contributed by atoms with van der Waals surface area (Å²) in [6, 6.07) is 13.0. The second kappa shape index (κ2) is 20.5. The van der Waals surface area contributed by atoms with Crippen LogP contribution in [0.4, 0.5) is 11.6 Å². The molecule has 0 bridgehead atoms. The number of allylic oxidation sites excluding steroid dienone is 3. The molecule has 0 amide bonds. The van der Waals surface area contributed by atoms with Crippen LogP contribution in [0.3, 0.4) is 0 Å². The Hall–Kier alpha value is -3.50. The van der Waals surface area contributed by atoms with E-state index >= 15 is 0 Å². The molecule has 1 fully saturated rings. The lowest BCUT2D eigenvalue weighted by molar-refractivity contribution is 0.0378.